The Bertz CT molecular complexity index is 550. The van der Waals surface area contributed by atoms with E-state index in [9.17, 15) is 5.11 Å². The highest BCUT2D eigenvalue weighted by molar-refractivity contribution is 5.37. The second-order valence-corrected chi connectivity index (χ2v) is 6.89. The summed E-state index contributed by atoms with van der Waals surface area (Å²) in [5.41, 5.74) is 5.09. The maximum absolute atomic E-state index is 9.93. The van der Waals surface area contributed by atoms with E-state index in [0.29, 0.717) is 0 Å². The van der Waals surface area contributed by atoms with Crippen molar-refractivity contribution >= 4 is 0 Å². The number of aliphatic hydroxyl groups is 1. The van der Waals surface area contributed by atoms with Crippen LogP contribution in [-0.2, 0) is 0 Å². The van der Waals surface area contributed by atoms with E-state index in [1.807, 2.05) is 6.08 Å². The van der Waals surface area contributed by atoms with Gasteiger partial charge in [0.05, 0.1) is 6.10 Å². The normalized spacial score (nSPS) is 23.6. The minimum absolute atomic E-state index is 0.0393. The van der Waals surface area contributed by atoms with Crippen LogP contribution in [0.1, 0.15) is 47.5 Å². The smallest absolute Gasteiger partial charge is 0.0585 e. The van der Waals surface area contributed by atoms with Gasteiger partial charge in [0.2, 0.25) is 0 Å². The van der Waals surface area contributed by atoms with Gasteiger partial charge in [-0.25, -0.2) is 0 Å². The number of hydrogen-bond donors (Lipinski definition) is 1. The SMILES string of the molecule is C=C/C=C(C)/C=C/C=C(C)/C=C/C1=C(C)C[C@@H](O)CC1(C)C. The third-order valence-electron chi connectivity index (χ3n) is 4.09. The minimum Gasteiger partial charge on any atom is -0.393 e. The first-order valence-corrected chi connectivity index (χ1v) is 7.97. The molecule has 0 saturated heterocycles. The molecule has 22 heavy (non-hydrogen) atoms. The molecule has 0 fully saturated rings. The molecule has 0 saturated carbocycles. The summed E-state index contributed by atoms with van der Waals surface area (Å²) in [5.74, 6) is 0. The molecule has 0 spiro atoms. The van der Waals surface area contributed by atoms with Crippen molar-refractivity contribution in [1.29, 1.82) is 0 Å². The van der Waals surface area contributed by atoms with Crippen LogP contribution < -0.4 is 0 Å². The van der Waals surface area contributed by atoms with Gasteiger partial charge in [0.15, 0.2) is 0 Å². The molecular weight excluding hydrogens is 268 g/mol. The first-order valence-electron chi connectivity index (χ1n) is 7.97. The molecule has 0 heterocycles. The average Bonchev–Trinajstić information content (AvgIpc) is 2.36. The summed E-state index contributed by atoms with van der Waals surface area (Å²) in [7, 11) is 0. The zero-order valence-corrected chi connectivity index (χ0v) is 14.7. The fourth-order valence-electron chi connectivity index (χ4n) is 3.04. The van der Waals surface area contributed by atoms with E-state index in [1.54, 1.807) is 6.08 Å². The largest absolute Gasteiger partial charge is 0.393 e. The maximum atomic E-state index is 9.93. The summed E-state index contributed by atoms with van der Waals surface area (Å²) in [5, 5.41) is 9.93. The van der Waals surface area contributed by atoms with E-state index in [0.717, 1.165) is 12.8 Å². The molecule has 0 aromatic heterocycles. The summed E-state index contributed by atoms with van der Waals surface area (Å²) in [6, 6.07) is 0. The zero-order valence-electron chi connectivity index (χ0n) is 14.7. The molecule has 1 nitrogen and oxygen atoms in total. The first-order chi connectivity index (χ1) is 10.3. The molecule has 1 rings (SSSR count). The number of hydrogen-bond acceptors (Lipinski definition) is 1. The zero-order chi connectivity index (χ0) is 16.8. The maximum Gasteiger partial charge on any atom is 0.0585 e. The Hall–Kier alpha value is -1.60. The predicted octanol–water partition coefficient (Wildman–Crippen LogP) is 5.67. The van der Waals surface area contributed by atoms with E-state index < -0.39 is 0 Å². The van der Waals surface area contributed by atoms with Crippen LogP contribution in [0.3, 0.4) is 0 Å². The lowest BCUT2D eigenvalue weighted by atomic mass is 9.71. The van der Waals surface area contributed by atoms with Crippen molar-refractivity contribution in [3.05, 3.63) is 71.4 Å². The van der Waals surface area contributed by atoms with Gasteiger partial charge < -0.3 is 5.11 Å². The molecule has 1 atom stereocenters. The molecule has 0 aromatic carbocycles. The molecule has 0 radical (unpaired) electrons. The molecule has 1 heteroatoms. The summed E-state index contributed by atoms with van der Waals surface area (Å²) in [4.78, 5) is 0. The number of rotatable bonds is 5. The lowest BCUT2D eigenvalue weighted by Crippen LogP contribution is -2.28. The Kier molecular flexibility index (Phi) is 6.83. The fourth-order valence-corrected chi connectivity index (χ4v) is 3.04. The topological polar surface area (TPSA) is 20.2 Å². The van der Waals surface area contributed by atoms with Crippen LogP contribution in [0.5, 0.6) is 0 Å². The highest BCUT2D eigenvalue weighted by atomic mass is 16.3. The van der Waals surface area contributed by atoms with Gasteiger partial charge in [-0.3, -0.25) is 0 Å². The van der Waals surface area contributed by atoms with E-state index in [4.69, 9.17) is 0 Å². The van der Waals surface area contributed by atoms with Crippen molar-refractivity contribution in [3.63, 3.8) is 0 Å². The second-order valence-electron chi connectivity index (χ2n) is 6.89. The van der Waals surface area contributed by atoms with Crippen molar-refractivity contribution in [1.82, 2.24) is 0 Å². The molecule has 1 aliphatic carbocycles. The van der Waals surface area contributed by atoms with E-state index >= 15 is 0 Å². The van der Waals surface area contributed by atoms with E-state index in [-0.39, 0.29) is 11.5 Å². The van der Waals surface area contributed by atoms with Gasteiger partial charge in [0.25, 0.3) is 0 Å². The van der Waals surface area contributed by atoms with Crippen molar-refractivity contribution in [2.75, 3.05) is 0 Å². The lowest BCUT2D eigenvalue weighted by Gasteiger charge is -2.35. The van der Waals surface area contributed by atoms with E-state index in [1.165, 1.54) is 22.3 Å². The Morgan fingerprint density at radius 3 is 2.41 bits per heavy atom. The Morgan fingerprint density at radius 2 is 1.82 bits per heavy atom. The third-order valence-corrected chi connectivity index (χ3v) is 4.09. The molecule has 0 aliphatic heterocycles. The minimum atomic E-state index is -0.202. The number of allylic oxidation sites excluding steroid dienone is 10. The van der Waals surface area contributed by atoms with Crippen molar-refractivity contribution in [2.45, 2.75) is 53.6 Å². The van der Waals surface area contributed by atoms with Crippen molar-refractivity contribution in [3.8, 4) is 0 Å². The monoisotopic (exact) mass is 298 g/mol. The number of aliphatic hydroxyl groups excluding tert-OH is 1. The molecule has 1 N–H and O–H groups in total. The third kappa shape index (κ3) is 5.65. The standard InChI is InChI=1S/C21H30O/c1-7-9-16(2)10-8-11-17(3)12-13-20-18(4)14-19(22)15-21(20,5)6/h7-13,19,22H,1,14-15H2,2-6H3/b10-8+,13-12+,16-9+,17-11+/t19-/m1/s1. The predicted molar refractivity (Wildman–Crippen MR) is 97.7 cm³/mol. The molecule has 0 bridgehead atoms. The van der Waals surface area contributed by atoms with Crippen LogP contribution in [-0.4, -0.2) is 11.2 Å². The summed E-state index contributed by atoms with van der Waals surface area (Å²) >= 11 is 0. The summed E-state index contributed by atoms with van der Waals surface area (Å²) in [6.45, 7) is 14.4. The molecule has 0 unspecified atom stereocenters. The fraction of sp³-hybridized carbons (Fsp3) is 0.429. The van der Waals surface area contributed by atoms with Gasteiger partial charge >= 0.3 is 0 Å². The quantitative estimate of drug-likeness (QED) is 0.648. The molecule has 120 valence electrons. The van der Waals surface area contributed by atoms with Crippen LogP contribution >= 0.6 is 0 Å². The van der Waals surface area contributed by atoms with Gasteiger partial charge in [0, 0.05) is 0 Å². The van der Waals surface area contributed by atoms with Crippen LogP contribution in [0.4, 0.5) is 0 Å². The molecule has 0 amide bonds. The first kappa shape index (κ1) is 18.4. The summed E-state index contributed by atoms with van der Waals surface area (Å²) in [6.07, 6.45) is 15.8. The van der Waals surface area contributed by atoms with Crippen LogP contribution in [0, 0.1) is 5.41 Å². The van der Waals surface area contributed by atoms with Crippen LogP contribution in [0.25, 0.3) is 0 Å². The lowest BCUT2D eigenvalue weighted by molar-refractivity contribution is 0.116. The van der Waals surface area contributed by atoms with Crippen LogP contribution in [0.15, 0.2) is 71.4 Å². The Balaban J connectivity index is 2.84. The van der Waals surface area contributed by atoms with Crippen molar-refractivity contribution in [2.24, 2.45) is 5.41 Å². The van der Waals surface area contributed by atoms with Gasteiger partial charge in [-0.05, 0) is 44.6 Å². The van der Waals surface area contributed by atoms with Gasteiger partial charge in [-0.2, -0.15) is 0 Å². The van der Waals surface area contributed by atoms with Gasteiger partial charge in [-0.15, -0.1) is 0 Å². The Labute approximate surface area is 136 Å². The molecular formula is C21H30O. The van der Waals surface area contributed by atoms with E-state index in [2.05, 4.69) is 71.6 Å². The average molecular weight is 298 g/mol. The van der Waals surface area contributed by atoms with Gasteiger partial charge in [-0.1, -0.05) is 79.7 Å². The molecule has 1 aliphatic rings. The second kappa shape index (κ2) is 8.14. The molecule has 0 aromatic rings. The highest BCUT2D eigenvalue weighted by Crippen LogP contribution is 2.40. The Morgan fingerprint density at radius 1 is 1.18 bits per heavy atom. The van der Waals surface area contributed by atoms with Crippen LogP contribution in [0.2, 0.25) is 0 Å². The van der Waals surface area contributed by atoms with Gasteiger partial charge in [0.1, 0.15) is 0 Å². The van der Waals surface area contributed by atoms with Crippen molar-refractivity contribution < 1.29 is 5.11 Å². The summed E-state index contributed by atoms with van der Waals surface area (Å²) < 4.78 is 0. The highest BCUT2D eigenvalue weighted by Gasteiger charge is 2.31.